The number of rotatable bonds is 13. The molecule has 0 amide bonds. The Bertz CT molecular complexity index is 546. The van der Waals surface area contributed by atoms with Gasteiger partial charge in [0.25, 0.3) is 0 Å². The number of allylic oxidation sites excluding steroid dienone is 2. The van der Waals surface area contributed by atoms with Gasteiger partial charge in [0.05, 0.1) is 5.56 Å². The van der Waals surface area contributed by atoms with Crippen molar-refractivity contribution >= 4 is 5.97 Å². The SMILES string of the molecule is C=CCC(CC)CCCC.C=CCC(CC)CCCC.Cc1cc(C)cc(C(=O)O)c1. The van der Waals surface area contributed by atoms with Crippen LogP contribution in [0.15, 0.2) is 43.5 Å². The summed E-state index contributed by atoms with van der Waals surface area (Å²) in [5.41, 5.74) is 2.34. The zero-order chi connectivity index (χ0) is 24.1. The fourth-order valence-corrected chi connectivity index (χ4v) is 3.53. The second-order valence-corrected chi connectivity index (χ2v) is 8.56. The average molecular weight is 431 g/mol. The van der Waals surface area contributed by atoms with E-state index in [9.17, 15) is 4.79 Å². The Morgan fingerprint density at radius 2 is 1.23 bits per heavy atom. The van der Waals surface area contributed by atoms with E-state index in [1.165, 1.54) is 64.2 Å². The molecule has 0 aliphatic heterocycles. The van der Waals surface area contributed by atoms with Gasteiger partial charge in [0.1, 0.15) is 0 Å². The standard InChI is InChI=1S/2C10H20.C9H10O2/c2*1-4-7-9-10(6-3)8-5-2;1-6-3-7(2)5-8(4-6)9(10)11/h2*5,10H,2,4,6-9H2,1,3H3;3-5H,1-2H3,(H,10,11). The van der Waals surface area contributed by atoms with Crippen LogP contribution in [0.4, 0.5) is 0 Å². The molecular formula is C29H50O2. The molecule has 2 unspecified atom stereocenters. The van der Waals surface area contributed by atoms with Crippen LogP contribution in [0.2, 0.25) is 0 Å². The number of carboxylic acid groups (broad SMARTS) is 1. The summed E-state index contributed by atoms with van der Waals surface area (Å²) < 4.78 is 0. The van der Waals surface area contributed by atoms with Crippen molar-refractivity contribution < 1.29 is 9.90 Å². The summed E-state index contributed by atoms with van der Waals surface area (Å²) >= 11 is 0. The molecule has 0 saturated heterocycles. The van der Waals surface area contributed by atoms with Crippen molar-refractivity contribution in [2.75, 3.05) is 0 Å². The van der Waals surface area contributed by atoms with Crippen LogP contribution >= 0.6 is 0 Å². The van der Waals surface area contributed by atoms with Gasteiger partial charge >= 0.3 is 5.97 Å². The predicted octanol–water partition coefficient (Wildman–Crippen LogP) is 9.56. The Labute approximate surface area is 193 Å². The minimum atomic E-state index is -0.864. The number of hydrogen-bond donors (Lipinski definition) is 1. The van der Waals surface area contributed by atoms with Crippen LogP contribution in [0.1, 0.15) is 113 Å². The molecule has 0 fully saturated rings. The molecule has 178 valence electrons. The first-order valence-corrected chi connectivity index (χ1v) is 12.3. The first kappa shape index (κ1) is 31.4. The molecule has 0 bridgehead atoms. The summed E-state index contributed by atoms with van der Waals surface area (Å²) in [5.74, 6) is 0.937. The number of carboxylic acids is 1. The summed E-state index contributed by atoms with van der Waals surface area (Å²) in [6.07, 6.45) is 17.3. The average Bonchev–Trinajstić information content (AvgIpc) is 2.74. The molecule has 1 aromatic rings. The second-order valence-electron chi connectivity index (χ2n) is 8.56. The third-order valence-electron chi connectivity index (χ3n) is 5.56. The molecule has 0 saturated carbocycles. The fourth-order valence-electron chi connectivity index (χ4n) is 3.53. The normalized spacial score (nSPS) is 11.8. The van der Waals surface area contributed by atoms with Gasteiger partial charge in [-0.15, -0.1) is 13.2 Å². The summed E-state index contributed by atoms with van der Waals surface area (Å²) in [6, 6.07) is 5.27. The molecule has 0 heterocycles. The van der Waals surface area contributed by atoms with Gasteiger partial charge < -0.3 is 5.11 Å². The molecular weight excluding hydrogens is 380 g/mol. The lowest BCUT2D eigenvalue weighted by molar-refractivity contribution is 0.0696. The van der Waals surface area contributed by atoms with Crippen molar-refractivity contribution in [3.8, 4) is 0 Å². The predicted molar refractivity (Wildman–Crippen MR) is 139 cm³/mol. The number of hydrogen-bond acceptors (Lipinski definition) is 1. The quantitative estimate of drug-likeness (QED) is 0.316. The fraction of sp³-hybridized carbons (Fsp3) is 0.621. The first-order valence-electron chi connectivity index (χ1n) is 12.3. The largest absolute Gasteiger partial charge is 0.478 e. The monoisotopic (exact) mass is 430 g/mol. The van der Waals surface area contributed by atoms with Crippen LogP contribution in [-0.2, 0) is 0 Å². The zero-order valence-electron chi connectivity index (χ0n) is 21.4. The summed E-state index contributed by atoms with van der Waals surface area (Å²) in [4.78, 5) is 10.5. The molecule has 1 rings (SSSR count). The van der Waals surface area contributed by atoms with E-state index in [0.717, 1.165) is 23.0 Å². The van der Waals surface area contributed by atoms with Gasteiger partial charge in [0, 0.05) is 0 Å². The van der Waals surface area contributed by atoms with Crippen molar-refractivity contribution in [1.29, 1.82) is 0 Å². The van der Waals surface area contributed by atoms with E-state index in [2.05, 4.69) is 40.9 Å². The van der Waals surface area contributed by atoms with Gasteiger partial charge in [-0.05, 0) is 50.7 Å². The smallest absolute Gasteiger partial charge is 0.335 e. The van der Waals surface area contributed by atoms with Crippen LogP contribution in [0.5, 0.6) is 0 Å². The molecule has 0 aliphatic carbocycles. The lowest BCUT2D eigenvalue weighted by Crippen LogP contribution is -1.96. The summed E-state index contributed by atoms with van der Waals surface area (Å²) in [5, 5.41) is 8.63. The molecule has 31 heavy (non-hydrogen) atoms. The highest BCUT2D eigenvalue weighted by molar-refractivity contribution is 5.88. The molecule has 0 radical (unpaired) electrons. The van der Waals surface area contributed by atoms with Gasteiger partial charge in [0.2, 0.25) is 0 Å². The highest BCUT2D eigenvalue weighted by Crippen LogP contribution is 2.17. The van der Waals surface area contributed by atoms with Crippen molar-refractivity contribution in [1.82, 2.24) is 0 Å². The van der Waals surface area contributed by atoms with E-state index in [1.54, 1.807) is 12.1 Å². The van der Waals surface area contributed by atoms with E-state index in [1.807, 2.05) is 32.1 Å². The van der Waals surface area contributed by atoms with Gasteiger partial charge in [-0.2, -0.15) is 0 Å². The van der Waals surface area contributed by atoms with Crippen molar-refractivity contribution in [3.05, 3.63) is 60.2 Å². The van der Waals surface area contributed by atoms with Gasteiger partial charge in [0.15, 0.2) is 0 Å². The maximum Gasteiger partial charge on any atom is 0.335 e. The minimum absolute atomic E-state index is 0.363. The van der Waals surface area contributed by atoms with Crippen LogP contribution in [0, 0.1) is 25.7 Å². The van der Waals surface area contributed by atoms with Crippen molar-refractivity contribution in [3.63, 3.8) is 0 Å². The van der Waals surface area contributed by atoms with Gasteiger partial charge in [-0.1, -0.05) is 108 Å². The molecule has 1 aromatic carbocycles. The number of aromatic carboxylic acids is 1. The van der Waals surface area contributed by atoms with E-state index in [4.69, 9.17) is 5.11 Å². The molecule has 2 nitrogen and oxygen atoms in total. The third kappa shape index (κ3) is 18.6. The molecule has 0 aliphatic rings. The molecule has 0 spiro atoms. The Balaban J connectivity index is 0. The Hall–Kier alpha value is -1.83. The molecule has 1 N–H and O–H groups in total. The number of carbonyl (C=O) groups is 1. The molecule has 2 atom stereocenters. The zero-order valence-corrected chi connectivity index (χ0v) is 21.4. The van der Waals surface area contributed by atoms with Crippen LogP contribution in [0.25, 0.3) is 0 Å². The maximum atomic E-state index is 10.5. The summed E-state index contributed by atoms with van der Waals surface area (Å²) in [6.45, 7) is 20.3. The highest BCUT2D eigenvalue weighted by atomic mass is 16.4. The maximum absolute atomic E-state index is 10.5. The number of unbranched alkanes of at least 4 members (excludes halogenated alkanes) is 2. The van der Waals surface area contributed by atoms with E-state index < -0.39 is 5.97 Å². The van der Waals surface area contributed by atoms with E-state index >= 15 is 0 Å². The van der Waals surface area contributed by atoms with Crippen molar-refractivity contribution in [2.45, 2.75) is 106 Å². The minimum Gasteiger partial charge on any atom is -0.478 e. The third-order valence-corrected chi connectivity index (χ3v) is 5.56. The van der Waals surface area contributed by atoms with Gasteiger partial charge in [-0.25, -0.2) is 4.79 Å². The van der Waals surface area contributed by atoms with Crippen LogP contribution < -0.4 is 0 Å². The Morgan fingerprint density at radius 1 is 0.839 bits per heavy atom. The molecule has 2 heteroatoms. The Morgan fingerprint density at radius 3 is 1.48 bits per heavy atom. The second kappa shape index (κ2) is 21.4. The topological polar surface area (TPSA) is 37.3 Å². The van der Waals surface area contributed by atoms with Crippen LogP contribution in [0.3, 0.4) is 0 Å². The lowest BCUT2D eigenvalue weighted by Gasteiger charge is -2.10. The van der Waals surface area contributed by atoms with Crippen molar-refractivity contribution in [2.24, 2.45) is 11.8 Å². The summed E-state index contributed by atoms with van der Waals surface area (Å²) in [7, 11) is 0. The van der Waals surface area contributed by atoms with E-state index in [0.29, 0.717) is 5.56 Å². The Kier molecular flexibility index (Phi) is 21.7. The molecule has 0 aromatic heterocycles. The van der Waals surface area contributed by atoms with Crippen LogP contribution in [-0.4, -0.2) is 11.1 Å². The first-order chi connectivity index (χ1) is 14.8. The van der Waals surface area contributed by atoms with Gasteiger partial charge in [-0.3, -0.25) is 0 Å². The lowest BCUT2D eigenvalue weighted by atomic mass is 9.96. The number of aryl methyl sites for hydroxylation is 2. The highest BCUT2D eigenvalue weighted by Gasteiger charge is 2.03. The van der Waals surface area contributed by atoms with E-state index in [-0.39, 0.29) is 0 Å². The number of benzene rings is 1.